The molecule has 0 aromatic carbocycles. The van der Waals surface area contributed by atoms with Crippen LogP contribution in [0.25, 0.3) is 11.0 Å². The van der Waals surface area contributed by atoms with Crippen molar-refractivity contribution in [3.63, 3.8) is 0 Å². The molecule has 0 unspecified atom stereocenters. The van der Waals surface area contributed by atoms with Crippen LogP contribution in [0.2, 0.25) is 0 Å². The third kappa shape index (κ3) is 0.888. The zero-order valence-corrected chi connectivity index (χ0v) is 6.55. The van der Waals surface area contributed by atoms with Gasteiger partial charge in [0.05, 0.1) is 5.69 Å². The van der Waals surface area contributed by atoms with Crippen molar-refractivity contribution in [2.24, 2.45) is 0 Å². The predicted octanol–water partition coefficient (Wildman–Crippen LogP) is 1.57. The number of hydrogen-bond acceptors (Lipinski definition) is 2. The van der Waals surface area contributed by atoms with E-state index < -0.39 is 0 Å². The van der Waals surface area contributed by atoms with Gasteiger partial charge in [0.25, 0.3) is 0 Å². The lowest BCUT2D eigenvalue weighted by atomic mass is 10.2. The van der Waals surface area contributed by atoms with Crippen LogP contribution in [-0.2, 0) is 0 Å². The molecule has 2 aromatic heterocycles. The molecule has 0 aliphatic rings. The highest BCUT2D eigenvalue weighted by atomic mass is 15.1. The smallest absolute Gasteiger partial charge is 0.160 e. The molecule has 0 radical (unpaired) electrons. The first-order valence-electron chi connectivity index (χ1n) is 3.55. The third-order valence-corrected chi connectivity index (χ3v) is 1.77. The van der Waals surface area contributed by atoms with Crippen molar-refractivity contribution in [3.05, 3.63) is 23.5 Å². The number of hydrogen-bond donors (Lipinski definition) is 1. The first-order valence-corrected chi connectivity index (χ1v) is 3.55. The number of aromatic nitrogens is 3. The lowest BCUT2D eigenvalue weighted by Gasteiger charge is -1.90. The minimum Gasteiger partial charge on any atom is -0.344 e. The zero-order chi connectivity index (χ0) is 7.84. The van der Waals surface area contributed by atoms with Gasteiger partial charge in [-0.05, 0) is 25.5 Å². The zero-order valence-electron chi connectivity index (χ0n) is 6.55. The molecule has 0 saturated heterocycles. The van der Waals surface area contributed by atoms with Gasteiger partial charge in [-0.15, -0.1) is 5.10 Å². The number of fused-ring (bicyclic) bond motifs is 1. The van der Waals surface area contributed by atoms with E-state index in [1.54, 1.807) is 0 Å². The minimum absolute atomic E-state index is 0.869. The van der Waals surface area contributed by atoms with Crippen LogP contribution in [0.15, 0.2) is 12.3 Å². The molecule has 2 heterocycles. The first kappa shape index (κ1) is 6.34. The average molecular weight is 147 g/mol. The summed E-state index contributed by atoms with van der Waals surface area (Å²) in [6.45, 7) is 4.00. The molecule has 56 valence electrons. The molecule has 11 heavy (non-hydrogen) atoms. The molecule has 3 heteroatoms. The Kier molecular flexibility index (Phi) is 1.18. The minimum atomic E-state index is 0.869. The van der Waals surface area contributed by atoms with Crippen LogP contribution in [-0.4, -0.2) is 15.2 Å². The van der Waals surface area contributed by atoms with E-state index in [1.807, 2.05) is 19.2 Å². The number of aromatic amines is 1. The van der Waals surface area contributed by atoms with E-state index in [2.05, 4.69) is 22.1 Å². The van der Waals surface area contributed by atoms with E-state index in [4.69, 9.17) is 0 Å². The summed E-state index contributed by atoms with van der Waals surface area (Å²) in [7, 11) is 0. The Morgan fingerprint density at radius 1 is 1.27 bits per heavy atom. The van der Waals surface area contributed by atoms with E-state index in [-0.39, 0.29) is 0 Å². The second-order valence-electron chi connectivity index (χ2n) is 2.72. The number of rotatable bonds is 0. The Labute approximate surface area is 64.5 Å². The summed E-state index contributed by atoms with van der Waals surface area (Å²) in [5, 5.41) is 9.10. The van der Waals surface area contributed by atoms with Crippen LogP contribution in [0.1, 0.15) is 11.3 Å². The van der Waals surface area contributed by atoms with Crippen molar-refractivity contribution in [1.29, 1.82) is 0 Å². The highest BCUT2D eigenvalue weighted by Crippen LogP contribution is 2.14. The van der Waals surface area contributed by atoms with E-state index in [0.717, 1.165) is 16.7 Å². The van der Waals surface area contributed by atoms with Crippen LogP contribution in [0.4, 0.5) is 0 Å². The Hall–Kier alpha value is -1.38. The third-order valence-electron chi connectivity index (χ3n) is 1.77. The molecule has 0 bridgehead atoms. The standard InChI is InChI=1S/C8H9N3/c1-5-4-9-8-7(5)3-6(2)10-11-8/h3-4H,1-2H3,(H,9,11). The molecule has 0 aliphatic heterocycles. The van der Waals surface area contributed by atoms with Gasteiger partial charge in [0, 0.05) is 11.6 Å². The van der Waals surface area contributed by atoms with Gasteiger partial charge in [0.15, 0.2) is 5.65 Å². The molecular formula is C8H9N3. The molecule has 0 saturated carbocycles. The second kappa shape index (κ2) is 2.05. The first-order chi connectivity index (χ1) is 5.27. The topological polar surface area (TPSA) is 41.6 Å². The van der Waals surface area contributed by atoms with E-state index >= 15 is 0 Å². The van der Waals surface area contributed by atoms with Crippen LogP contribution >= 0.6 is 0 Å². The summed E-state index contributed by atoms with van der Waals surface area (Å²) in [5.41, 5.74) is 3.05. The molecule has 3 nitrogen and oxygen atoms in total. The van der Waals surface area contributed by atoms with Crippen LogP contribution in [0.5, 0.6) is 0 Å². The fourth-order valence-electron chi connectivity index (χ4n) is 1.15. The summed E-state index contributed by atoms with van der Waals surface area (Å²) in [6, 6.07) is 2.04. The molecule has 0 fully saturated rings. The van der Waals surface area contributed by atoms with Crippen molar-refractivity contribution in [1.82, 2.24) is 15.2 Å². The Morgan fingerprint density at radius 2 is 2.09 bits per heavy atom. The maximum Gasteiger partial charge on any atom is 0.160 e. The monoisotopic (exact) mass is 147 g/mol. The SMILES string of the molecule is Cc1cc2c(C)c[nH]c2nn1. The number of aryl methyl sites for hydroxylation is 2. The fourth-order valence-corrected chi connectivity index (χ4v) is 1.15. The summed E-state index contributed by atoms with van der Waals surface area (Å²) in [4.78, 5) is 3.04. The van der Waals surface area contributed by atoms with Crippen LogP contribution in [0.3, 0.4) is 0 Å². The predicted molar refractivity (Wildman–Crippen MR) is 43.4 cm³/mol. The Morgan fingerprint density at radius 3 is 2.91 bits per heavy atom. The quantitative estimate of drug-likeness (QED) is 0.614. The number of nitrogens with one attached hydrogen (secondary N) is 1. The van der Waals surface area contributed by atoms with Crippen LogP contribution < -0.4 is 0 Å². The van der Waals surface area contributed by atoms with Gasteiger partial charge in [0.1, 0.15) is 0 Å². The van der Waals surface area contributed by atoms with Gasteiger partial charge in [0.2, 0.25) is 0 Å². The largest absolute Gasteiger partial charge is 0.344 e. The van der Waals surface area contributed by atoms with Gasteiger partial charge in [-0.3, -0.25) is 0 Å². The van der Waals surface area contributed by atoms with Gasteiger partial charge in [-0.2, -0.15) is 5.10 Å². The van der Waals surface area contributed by atoms with Crippen molar-refractivity contribution >= 4 is 11.0 Å². The lowest BCUT2D eigenvalue weighted by molar-refractivity contribution is 1.01. The summed E-state index contributed by atoms with van der Waals surface area (Å²) in [5.74, 6) is 0. The summed E-state index contributed by atoms with van der Waals surface area (Å²) < 4.78 is 0. The average Bonchev–Trinajstić information content (AvgIpc) is 2.33. The van der Waals surface area contributed by atoms with E-state index in [1.165, 1.54) is 5.56 Å². The maximum absolute atomic E-state index is 4.00. The molecule has 0 amide bonds. The molecule has 0 aliphatic carbocycles. The highest BCUT2D eigenvalue weighted by molar-refractivity contribution is 5.78. The normalized spacial score (nSPS) is 10.7. The molecule has 2 rings (SSSR count). The highest BCUT2D eigenvalue weighted by Gasteiger charge is 1.99. The van der Waals surface area contributed by atoms with Gasteiger partial charge >= 0.3 is 0 Å². The van der Waals surface area contributed by atoms with E-state index in [9.17, 15) is 0 Å². The molecule has 0 atom stereocenters. The lowest BCUT2D eigenvalue weighted by Crippen LogP contribution is -1.85. The second-order valence-corrected chi connectivity index (χ2v) is 2.72. The van der Waals surface area contributed by atoms with Crippen molar-refractivity contribution in [3.8, 4) is 0 Å². The number of H-pyrrole nitrogens is 1. The Bertz CT molecular complexity index is 389. The number of nitrogens with zero attached hydrogens (tertiary/aromatic N) is 2. The molecule has 0 spiro atoms. The molecule has 2 aromatic rings. The summed E-state index contributed by atoms with van der Waals surface area (Å²) >= 11 is 0. The van der Waals surface area contributed by atoms with Gasteiger partial charge in [-0.1, -0.05) is 0 Å². The van der Waals surface area contributed by atoms with Gasteiger partial charge < -0.3 is 4.98 Å². The van der Waals surface area contributed by atoms with Crippen LogP contribution in [0, 0.1) is 13.8 Å². The molecular weight excluding hydrogens is 138 g/mol. The Balaban J connectivity index is 2.87. The van der Waals surface area contributed by atoms with Crippen molar-refractivity contribution < 1.29 is 0 Å². The summed E-state index contributed by atoms with van der Waals surface area (Å²) in [6.07, 6.45) is 1.94. The fraction of sp³-hybridized carbons (Fsp3) is 0.250. The maximum atomic E-state index is 4.00. The van der Waals surface area contributed by atoms with Crippen molar-refractivity contribution in [2.45, 2.75) is 13.8 Å². The van der Waals surface area contributed by atoms with E-state index in [0.29, 0.717) is 0 Å². The van der Waals surface area contributed by atoms with Gasteiger partial charge in [-0.25, -0.2) is 0 Å². The molecule has 1 N–H and O–H groups in total. The van der Waals surface area contributed by atoms with Crippen molar-refractivity contribution in [2.75, 3.05) is 0 Å².